The van der Waals surface area contributed by atoms with Gasteiger partial charge in [0.2, 0.25) is 5.95 Å². The average Bonchev–Trinajstić information content (AvgIpc) is 3.29. The summed E-state index contributed by atoms with van der Waals surface area (Å²) in [5.74, 6) is 0.166. The Morgan fingerprint density at radius 3 is 2.43 bits per heavy atom. The van der Waals surface area contributed by atoms with E-state index in [1.54, 1.807) is 0 Å². The van der Waals surface area contributed by atoms with Crippen LogP contribution in [-0.4, -0.2) is 16.0 Å². The maximum absolute atomic E-state index is 13.0. The summed E-state index contributed by atoms with van der Waals surface area (Å²) in [5.41, 5.74) is -0.00831. The van der Waals surface area contributed by atoms with Crippen LogP contribution in [0.4, 0.5) is 24.9 Å². The van der Waals surface area contributed by atoms with Crippen LogP contribution >= 0.6 is 15.9 Å². The van der Waals surface area contributed by atoms with Gasteiger partial charge < -0.3 is 10.6 Å². The van der Waals surface area contributed by atoms with Crippen LogP contribution in [0.3, 0.4) is 0 Å². The maximum atomic E-state index is 13.0. The second kappa shape index (κ2) is 6.35. The van der Waals surface area contributed by atoms with Gasteiger partial charge in [0.1, 0.15) is 5.82 Å². The SMILES string of the molecule is FC(F)(F)c1cc(NCc2ccc(Br)cc2)nc(NC2CC2)n1. The maximum Gasteiger partial charge on any atom is 0.433 e. The van der Waals surface area contributed by atoms with Crippen molar-refractivity contribution in [3.63, 3.8) is 0 Å². The van der Waals surface area contributed by atoms with Gasteiger partial charge in [-0.1, -0.05) is 28.1 Å². The molecule has 0 spiro atoms. The van der Waals surface area contributed by atoms with Gasteiger partial charge in [-0.15, -0.1) is 0 Å². The quantitative estimate of drug-likeness (QED) is 0.797. The number of aromatic nitrogens is 2. The van der Waals surface area contributed by atoms with Crippen LogP contribution < -0.4 is 10.6 Å². The van der Waals surface area contributed by atoms with Gasteiger partial charge in [-0.05, 0) is 30.5 Å². The van der Waals surface area contributed by atoms with E-state index in [9.17, 15) is 13.2 Å². The van der Waals surface area contributed by atoms with Crippen LogP contribution in [0.15, 0.2) is 34.8 Å². The molecule has 1 aromatic carbocycles. The third-order valence-electron chi connectivity index (χ3n) is 3.31. The highest BCUT2D eigenvalue weighted by Crippen LogP contribution is 2.31. The lowest BCUT2D eigenvalue weighted by atomic mass is 10.2. The lowest BCUT2D eigenvalue weighted by molar-refractivity contribution is -0.141. The number of anilines is 2. The molecular weight excluding hydrogens is 373 g/mol. The highest BCUT2D eigenvalue weighted by molar-refractivity contribution is 9.10. The summed E-state index contributed by atoms with van der Waals surface area (Å²) in [6, 6.07) is 8.61. The molecule has 0 atom stereocenters. The first-order chi connectivity index (χ1) is 10.9. The Kier molecular flexibility index (Phi) is 4.43. The van der Waals surface area contributed by atoms with E-state index in [1.165, 1.54) is 0 Å². The molecule has 2 aromatic rings. The van der Waals surface area contributed by atoms with E-state index >= 15 is 0 Å². The molecule has 2 N–H and O–H groups in total. The predicted octanol–water partition coefficient (Wildman–Crippen LogP) is 4.44. The third-order valence-corrected chi connectivity index (χ3v) is 3.84. The first-order valence-electron chi connectivity index (χ1n) is 7.11. The molecule has 0 radical (unpaired) electrons. The number of nitrogens with one attached hydrogen (secondary N) is 2. The number of halogens is 4. The third kappa shape index (κ3) is 4.57. The first kappa shape index (κ1) is 16.0. The number of hydrogen-bond donors (Lipinski definition) is 2. The Bertz CT molecular complexity index is 684. The zero-order chi connectivity index (χ0) is 16.4. The lowest BCUT2D eigenvalue weighted by Crippen LogP contribution is -2.15. The Balaban J connectivity index is 1.77. The summed E-state index contributed by atoms with van der Waals surface area (Å²) in [4.78, 5) is 7.68. The molecule has 0 saturated heterocycles. The molecular formula is C15H14BrF3N4. The number of benzene rings is 1. The van der Waals surface area contributed by atoms with Gasteiger partial charge in [0, 0.05) is 23.1 Å². The minimum absolute atomic E-state index is 0.0145. The van der Waals surface area contributed by atoms with E-state index in [0.717, 1.165) is 28.9 Å². The van der Waals surface area contributed by atoms with Gasteiger partial charge in [0.25, 0.3) is 0 Å². The van der Waals surface area contributed by atoms with Crippen molar-refractivity contribution in [2.75, 3.05) is 10.6 Å². The molecule has 4 nitrogen and oxygen atoms in total. The first-order valence-corrected chi connectivity index (χ1v) is 7.90. The molecule has 1 fully saturated rings. The summed E-state index contributed by atoms with van der Waals surface area (Å²) in [7, 11) is 0. The Hall–Kier alpha value is -1.83. The van der Waals surface area contributed by atoms with Crippen LogP contribution in [0.1, 0.15) is 24.1 Å². The van der Waals surface area contributed by atoms with E-state index in [0.29, 0.717) is 6.54 Å². The molecule has 1 aliphatic rings. The van der Waals surface area contributed by atoms with E-state index in [4.69, 9.17) is 0 Å². The molecule has 122 valence electrons. The minimum Gasteiger partial charge on any atom is -0.366 e. The van der Waals surface area contributed by atoms with E-state index in [-0.39, 0.29) is 17.8 Å². The van der Waals surface area contributed by atoms with Crippen molar-refractivity contribution in [3.8, 4) is 0 Å². The van der Waals surface area contributed by atoms with E-state index in [1.807, 2.05) is 24.3 Å². The summed E-state index contributed by atoms with van der Waals surface area (Å²) >= 11 is 3.34. The largest absolute Gasteiger partial charge is 0.433 e. The number of nitrogens with zero attached hydrogens (tertiary/aromatic N) is 2. The molecule has 3 rings (SSSR count). The summed E-state index contributed by atoms with van der Waals surface area (Å²) in [6.07, 6.45) is -2.64. The van der Waals surface area contributed by atoms with Crippen molar-refractivity contribution >= 4 is 27.7 Å². The van der Waals surface area contributed by atoms with Gasteiger partial charge in [-0.2, -0.15) is 18.2 Å². The highest BCUT2D eigenvalue weighted by atomic mass is 79.9. The van der Waals surface area contributed by atoms with Crippen molar-refractivity contribution in [1.29, 1.82) is 0 Å². The van der Waals surface area contributed by atoms with E-state index in [2.05, 4.69) is 36.5 Å². The smallest absolute Gasteiger partial charge is 0.366 e. The number of alkyl halides is 3. The number of hydrogen-bond acceptors (Lipinski definition) is 4. The Labute approximate surface area is 139 Å². The van der Waals surface area contributed by atoms with E-state index < -0.39 is 11.9 Å². The lowest BCUT2D eigenvalue weighted by Gasteiger charge is -2.12. The molecule has 1 saturated carbocycles. The van der Waals surface area contributed by atoms with Crippen molar-refractivity contribution < 1.29 is 13.2 Å². The summed E-state index contributed by atoms with van der Waals surface area (Å²) < 4.78 is 39.8. The van der Waals surface area contributed by atoms with Gasteiger partial charge >= 0.3 is 6.18 Å². The van der Waals surface area contributed by atoms with Crippen molar-refractivity contribution in [2.24, 2.45) is 0 Å². The van der Waals surface area contributed by atoms with Crippen LogP contribution in [0.5, 0.6) is 0 Å². The minimum atomic E-state index is -4.50. The molecule has 1 aliphatic carbocycles. The van der Waals surface area contributed by atoms with Gasteiger partial charge in [0.05, 0.1) is 0 Å². The van der Waals surface area contributed by atoms with Gasteiger partial charge in [0.15, 0.2) is 5.69 Å². The van der Waals surface area contributed by atoms with Crippen molar-refractivity contribution in [1.82, 2.24) is 9.97 Å². The molecule has 0 bridgehead atoms. The van der Waals surface area contributed by atoms with Crippen molar-refractivity contribution in [2.45, 2.75) is 31.6 Å². The predicted molar refractivity (Wildman–Crippen MR) is 85.1 cm³/mol. The summed E-state index contributed by atoms with van der Waals surface area (Å²) in [5, 5.41) is 5.83. The van der Waals surface area contributed by atoms with Crippen molar-refractivity contribution in [3.05, 3.63) is 46.1 Å². The second-order valence-electron chi connectivity index (χ2n) is 5.36. The Morgan fingerprint density at radius 1 is 1.13 bits per heavy atom. The molecule has 8 heteroatoms. The highest BCUT2D eigenvalue weighted by Gasteiger charge is 2.34. The molecule has 1 heterocycles. The van der Waals surface area contributed by atoms with Crippen LogP contribution in [0.2, 0.25) is 0 Å². The van der Waals surface area contributed by atoms with Gasteiger partial charge in [-0.3, -0.25) is 0 Å². The average molecular weight is 387 g/mol. The van der Waals surface area contributed by atoms with Crippen LogP contribution in [0.25, 0.3) is 0 Å². The van der Waals surface area contributed by atoms with Crippen LogP contribution in [-0.2, 0) is 12.7 Å². The fourth-order valence-corrected chi connectivity index (χ4v) is 2.22. The normalized spacial score (nSPS) is 14.6. The fraction of sp³-hybridized carbons (Fsp3) is 0.333. The zero-order valence-electron chi connectivity index (χ0n) is 12.0. The molecule has 0 amide bonds. The fourth-order valence-electron chi connectivity index (χ4n) is 1.95. The molecule has 1 aromatic heterocycles. The second-order valence-corrected chi connectivity index (χ2v) is 6.27. The molecule has 0 unspecified atom stereocenters. The zero-order valence-corrected chi connectivity index (χ0v) is 13.6. The number of rotatable bonds is 5. The molecule has 23 heavy (non-hydrogen) atoms. The summed E-state index contributed by atoms with van der Waals surface area (Å²) in [6.45, 7) is 0.379. The monoisotopic (exact) mass is 386 g/mol. The van der Waals surface area contributed by atoms with Crippen LogP contribution in [0, 0.1) is 0 Å². The topological polar surface area (TPSA) is 49.8 Å². The molecule has 0 aliphatic heterocycles. The standard InChI is InChI=1S/C15H14BrF3N4/c16-10-3-1-9(2-4-10)8-20-13-7-12(15(17,18)19)22-14(23-13)21-11-5-6-11/h1-4,7,11H,5-6,8H2,(H2,20,21,22,23). The van der Waals surface area contributed by atoms with Gasteiger partial charge in [-0.25, -0.2) is 4.98 Å². The Morgan fingerprint density at radius 2 is 1.83 bits per heavy atom.